The molecule has 1 unspecified atom stereocenters. The molecule has 1 aromatic carbocycles. The fourth-order valence-corrected chi connectivity index (χ4v) is 7.41. The summed E-state index contributed by atoms with van der Waals surface area (Å²) in [6.07, 6.45) is 7.83. The molecule has 192 valence electrons. The van der Waals surface area contributed by atoms with Crippen LogP contribution in [0.5, 0.6) is 5.75 Å². The van der Waals surface area contributed by atoms with E-state index < -0.39 is 12.1 Å². The lowest BCUT2D eigenvalue weighted by molar-refractivity contribution is -0.0165. The number of hydrogen-bond donors (Lipinski definition) is 2. The van der Waals surface area contributed by atoms with E-state index in [1.54, 1.807) is 0 Å². The third kappa shape index (κ3) is 5.15. The summed E-state index contributed by atoms with van der Waals surface area (Å²) in [6.45, 7) is 4.41. The number of nitrogens with one attached hydrogen (secondary N) is 1. The first-order valence-corrected chi connectivity index (χ1v) is 13.8. The number of amides is 2. The molecule has 0 aliphatic heterocycles. The van der Waals surface area contributed by atoms with Gasteiger partial charge in [-0.05, 0) is 98.2 Å². The molecule has 0 radical (unpaired) electrons. The van der Waals surface area contributed by atoms with E-state index in [4.69, 9.17) is 28.6 Å². The van der Waals surface area contributed by atoms with Crippen LogP contribution in [0.3, 0.4) is 0 Å². The number of urea groups is 1. The number of nitroso groups, excluding NO2 is 1. The number of aromatic hydroxyl groups is 1. The number of benzene rings is 1. The molecule has 0 bridgehead atoms. The molecule has 0 aromatic heterocycles. The Labute approximate surface area is 217 Å². The maximum atomic E-state index is 12.5. The van der Waals surface area contributed by atoms with Gasteiger partial charge in [-0.1, -0.05) is 26.3 Å². The van der Waals surface area contributed by atoms with Crippen LogP contribution >= 0.6 is 23.8 Å². The molecular formula is C26H36ClN3O4S. The Kier molecular flexibility index (Phi) is 8.21. The van der Waals surface area contributed by atoms with Gasteiger partial charge in [0, 0.05) is 11.3 Å². The van der Waals surface area contributed by atoms with Crippen molar-refractivity contribution in [3.8, 4) is 5.75 Å². The molecule has 2 fully saturated rings. The summed E-state index contributed by atoms with van der Waals surface area (Å²) >= 11 is 11.4. The van der Waals surface area contributed by atoms with Crippen LogP contribution in [0.2, 0.25) is 0 Å². The summed E-state index contributed by atoms with van der Waals surface area (Å²) in [5.41, 5.74) is 2.75. The van der Waals surface area contributed by atoms with Gasteiger partial charge in [0.15, 0.2) is 5.05 Å². The summed E-state index contributed by atoms with van der Waals surface area (Å²) in [4.78, 5) is 23.5. The van der Waals surface area contributed by atoms with E-state index in [0.717, 1.165) is 50.0 Å². The number of nitrogens with zero attached hydrogens (tertiary/aromatic N) is 2. The zero-order chi connectivity index (χ0) is 25.2. The van der Waals surface area contributed by atoms with E-state index >= 15 is 0 Å². The van der Waals surface area contributed by atoms with Crippen LogP contribution in [0.15, 0.2) is 23.5 Å². The topological polar surface area (TPSA) is 91.2 Å². The molecule has 4 rings (SSSR count). The minimum Gasteiger partial charge on any atom is -0.508 e. The van der Waals surface area contributed by atoms with Gasteiger partial charge in [-0.3, -0.25) is 0 Å². The number of rotatable bonds is 8. The lowest BCUT2D eigenvalue weighted by Crippen LogP contribution is -2.49. The first-order chi connectivity index (χ1) is 16.8. The van der Waals surface area contributed by atoms with Gasteiger partial charge in [-0.15, -0.1) is 16.5 Å². The Morgan fingerprint density at radius 3 is 2.89 bits per heavy atom. The zero-order valence-corrected chi connectivity index (χ0v) is 22.1. The molecule has 2 amide bonds. The fraction of sp³-hybridized carbons (Fsp3) is 0.692. The normalized spacial score (nSPS) is 29.8. The minimum atomic E-state index is -0.604. The monoisotopic (exact) mass is 521 g/mol. The second-order valence-corrected chi connectivity index (χ2v) is 11.3. The SMILES string of the molecule is CCCC(NC(=O)N(CCCl)N=O)C(=S)O[C@H]1CC[C@H]2[C@@H]3CCc4cc(O)ccc4[C@H]3CC[C@]12C. The first kappa shape index (κ1) is 26.1. The highest BCUT2D eigenvalue weighted by atomic mass is 35.5. The number of phenols is 1. The molecule has 0 spiro atoms. The van der Waals surface area contributed by atoms with Crippen molar-refractivity contribution in [2.75, 3.05) is 12.4 Å². The number of aryl methyl sites for hydroxylation is 1. The summed E-state index contributed by atoms with van der Waals surface area (Å²) in [5.74, 6) is 2.19. The van der Waals surface area contributed by atoms with Crippen LogP contribution in [0.4, 0.5) is 4.79 Å². The molecular weight excluding hydrogens is 486 g/mol. The highest BCUT2D eigenvalue weighted by Crippen LogP contribution is 2.61. The van der Waals surface area contributed by atoms with E-state index in [1.165, 1.54) is 11.1 Å². The van der Waals surface area contributed by atoms with Gasteiger partial charge in [-0.2, -0.15) is 5.01 Å². The fourth-order valence-electron chi connectivity index (χ4n) is 6.96. The van der Waals surface area contributed by atoms with Gasteiger partial charge >= 0.3 is 6.03 Å². The molecule has 0 saturated heterocycles. The minimum absolute atomic E-state index is 0.0153. The van der Waals surface area contributed by atoms with Gasteiger partial charge in [-0.25, -0.2) is 4.79 Å². The van der Waals surface area contributed by atoms with Gasteiger partial charge < -0.3 is 15.2 Å². The highest BCUT2D eigenvalue weighted by Gasteiger charge is 2.56. The molecule has 0 heterocycles. The summed E-state index contributed by atoms with van der Waals surface area (Å²) < 4.78 is 6.47. The van der Waals surface area contributed by atoms with Gasteiger partial charge in [0.2, 0.25) is 0 Å². The number of alkyl halides is 1. The number of halogens is 1. The lowest BCUT2D eigenvalue weighted by Gasteiger charge is -2.50. The second kappa shape index (κ2) is 11.0. The number of fused-ring (bicyclic) bond motifs is 5. The van der Waals surface area contributed by atoms with Crippen molar-refractivity contribution >= 4 is 34.9 Å². The van der Waals surface area contributed by atoms with Crippen LogP contribution in [0, 0.1) is 22.2 Å². The van der Waals surface area contributed by atoms with Crippen LogP contribution < -0.4 is 5.32 Å². The Morgan fingerprint density at radius 2 is 2.17 bits per heavy atom. The second-order valence-electron chi connectivity index (χ2n) is 10.5. The molecule has 35 heavy (non-hydrogen) atoms. The number of hydrogen-bond acceptors (Lipinski definition) is 6. The Bertz CT molecular complexity index is 963. The number of carbonyl (C=O) groups excluding carboxylic acids is 1. The molecule has 1 aromatic rings. The largest absolute Gasteiger partial charge is 0.508 e. The van der Waals surface area contributed by atoms with Crippen LogP contribution in [-0.2, 0) is 11.2 Å². The van der Waals surface area contributed by atoms with Crippen molar-refractivity contribution in [2.45, 2.75) is 83.3 Å². The molecule has 2 N–H and O–H groups in total. The molecule has 3 aliphatic carbocycles. The lowest BCUT2D eigenvalue weighted by atomic mass is 9.55. The van der Waals surface area contributed by atoms with Crippen molar-refractivity contribution in [1.29, 1.82) is 0 Å². The van der Waals surface area contributed by atoms with Crippen molar-refractivity contribution in [2.24, 2.45) is 22.5 Å². The Hall–Kier alpha value is -1.93. The van der Waals surface area contributed by atoms with Gasteiger partial charge in [0.05, 0.1) is 17.9 Å². The van der Waals surface area contributed by atoms with Crippen molar-refractivity contribution in [1.82, 2.24) is 10.3 Å². The average molecular weight is 522 g/mol. The van der Waals surface area contributed by atoms with Crippen LogP contribution in [0.1, 0.15) is 75.8 Å². The highest BCUT2D eigenvalue weighted by molar-refractivity contribution is 7.80. The number of phenolic OH excluding ortho intramolecular Hbond substituents is 1. The van der Waals surface area contributed by atoms with Crippen LogP contribution in [-0.4, -0.2) is 45.8 Å². The standard InChI is InChI=1S/C26H36ClN3O4S/c1-3-4-22(28-25(32)30(29-33)14-13-27)24(35)34-23-10-9-21-20-7-5-16-15-17(31)6-8-18(16)19(20)11-12-26(21,23)2/h6,8,15,19-23,31H,3-5,7,9-14H2,1-2H3,(H,28,32)/t19-,20-,21+,22?,23+,26+/m1/s1. The number of carbonyl (C=O) groups is 1. The number of thiocarbonyl (C=S) groups is 1. The summed E-state index contributed by atoms with van der Waals surface area (Å²) in [7, 11) is 0. The molecule has 2 saturated carbocycles. The van der Waals surface area contributed by atoms with E-state index in [-0.39, 0.29) is 23.9 Å². The average Bonchev–Trinajstić information content (AvgIpc) is 3.17. The van der Waals surface area contributed by atoms with Crippen LogP contribution in [0.25, 0.3) is 0 Å². The third-order valence-corrected chi connectivity index (χ3v) is 9.22. The number of ether oxygens (including phenoxy) is 1. The summed E-state index contributed by atoms with van der Waals surface area (Å²) in [6, 6.07) is 4.82. The zero-order valence-electron chi connectivity index (χ0n) is 20.5. The quantitative estimate of drug-likeness (QED) is 0.188. The predicted molar refractivity (Wildman–Crippen MR) is 141 cm³/mol. The van der Waals surface area contributed by atoms with Gasteiger partial charge in [0.1, 0.15) is 11.9 Å². The van der Waals surface area contributed by atoms with E-state index in [9.17, 15) is 14.8 Å². The molecule has 7 nitrogen and oxygen atoms in total. The van der Waals surface area contributed by atoms with Crippen molar-refractivity contribution in [3.05, 3.63) is 34.2 Å². The molecule has 6 atom stereocenters. The first-order valence-electron chi connectivity index (χ1n) is 12.8. The van der Waals surface area contributed by atoms with Crippen molar-refractivity contribution in [3.63, 3.8) is 0 Å². The third-order valence-electron chi connectivity index (χ3n) is 8.67. The van der Waals surface area contributed by atoms with E-state index in [2.05, 4.69) is 23.6 Å². The van der Waals surface area contributed by atoms with E-state index in [0.29, 0.717) is 35.0 Å². The molecule has 9 heteroatoms. The maximum absolute atomic E-state index is 12.5. The van der Waals surface area contributed by atoms with Crippen molar-refractivity contribution < 1.29 is 14.6 Å². The van der Waals surface area contributed by atoms with E-state index in [1.807, 2.05) is 19.1 Å². The molecule has 3 aliphatic rings. The van der Waals surface area contributed by atoms with Gasteiger partial charge in [0.25, 0.3) is 0 Å². The summed E-state index contributed by atoms with van der Waals surface area (Å²) in [5, 5.41) is 16.7. The predicted octanol–water partition coefficient (Wildman–Crippen LogP) is 6.06. The smallest absolute Gasteiger partial charge is 0.341 e. The maximum Gasteiger partial charge on any atom is 0.341 e. The Morgan fingerprint density at radius 1 is 1.37 bits per heavy atom. The Balaban J connectivity index is 1.44.